The lowest BCUT2D eigenvalue weighted by Crippen LogP contribution is -2.05. The van der Waals surface area contributed by atoms with Gasteiger partial charge in [0.15, 0.2) is 0 Å². The van der Waals surface area contributed by atoms with E-state index in [-0.39, 0.29) is 5.69 Å². The van der Waals surface area contributed by atoms with Gasteiger partial charge in [0.25, 0.3) is 5.69 Å². The summed E-state index contributed by atoms with van der Waals surface area (Å²) in [7, 11) is 1.60. The zero-order chi connectivity index (χ0) is 13.5. The SMILES string of the molecule is COCCCOc1ccc([N+](=O)[O-])cc1[C@H](C)O. The van der Waals surface area contributed by atoms with E-state index in [4.69, 9.17) is 9.47 Å². The summed E-state index contributed by atoms with van der Waals surface area (Å²) < 4.78 is 10.4. The van der Waals surface area contributed by atoms with Crippen LogP contribution in [0.5, 0.6) is 5.75 Å². The van der Waals surface area contributed by atoms with Gasteiger partial charge < -0.3 is 14.6 Å². The zero-order valence-electron chi connectivity index (χ0n) is 10.5. The number of aliphatic hydroxyl groups is 1. The third-order valence-electron chi connectivity index (χ3n) is 2.40. The summed E-state index contributed by atoms with van der Waals surface area (Å²) in [5, 5.41) is 20.2. The van der Waals surface area contributed by atoms with Crippen molar-refractivity contribution in [2.45, 2.75) is 19.4 Å². The molecule has 0 aliphatic heterocycles. The summed E-state index contributed by atoms with van der Waals surface area (Å²) >= 11 is 0. The van der Waals surface area contributed by atoms with Gasteiger partial charge in [-0.05, 0) is 13.0 Å². The van der Waals surface area contributed by atoms with Crippen LogP contribution in [0, 0.1) is 10.1 Å². The molecular formula is C12H17NO5. The van der Waals surface area contributed by atoms with Crippen molar-refractivity contribution in [3.63, 3.8) is 0 Å². The van der Waals surface area contributed by atoms with Gasteiger partial charge in [0.05, 0.1) is 17.6 Å². The standard InChI is InChI=1S/C12H17NO5/c1-9(14)11-8-10(13(15)16)4-5-12(11)18-7-3-6-17-2/h4-5,8-9,14H,3,6-7H2,1-2H3/t9-/m0/s1. The minimum absolute atomic E-state index is 0.0601. The summed E-state index contributed by atoms with van der Waals surface area (Å²) in [4.78, 5) is 10.2. The van der Waals surface area contributed by atoms with Crippen molar-refractivity contribution in [3.8, 4) is 5.75 Å². The predicted molar refractivity (Wildman–Crippen MR) is 65.7 cm³/mol. The fourth-order valence-electron chi connectivity index (χ4n) is 1.49. The summed E-state index contributed by atoms with van der Waals surface area (Å²) in [5.41, 5.74) is 0.358. The van der Waals surface area contributed by atoms with Crippen molar-refractivity contribution < 1.29 is 19.5 Å². The molecular weight excluding hydrogens is 238 g/mol. The molecule has 0 amide bonds. The van der Waals surface area contributed by atoms with E-state index in [1.165, 1.54) is 18.2 Å². The van der Waals surface area contributed by atoms with Crippen LogP contribution in [-0.2, 0) is 4.74 Å². The largest absolute Gasteiger partial charge is 0.493 e. The highest BCUT2D eigenvalue weighted by Gasteiger charge is 2.15. The lowest BCUT2D eigenvalue weighted by atomic mass is 10.1. The third kappa shape index (κ3) is 3.97. The molecule has 1 aromatic rings. The maximum atomic E-state index is 10.7. The molecule has 0 saturated heterocycles. The minimum Gasteiger partial charge on any atom is -0.493 e. The van der Waals surface area contributed by atoms with Gasteiger partial charge in [0.2, 0.25) is 0 Å². The summed E-state index contributed by atoms with van der Waals surface area (Å²) in [5.74, 6) is 0.465. The molecule has 0 aliphatic carbocycles. The van der Waals surface area contributed by atoms with Crippen molar-refractivity contribution in [2.75, 3.05) is 20.3 Å². The number of methoxy groups -OCH3 is 1. The molecule has 1 N–H and O–H groups in total. The number of hydrogen-bond donors (Lipinski definition) is 1. The molecule has 18 heavy (non-hydrogen) atoms. The van der Waals surface area contributed by atoms with Crippen LogP contribution in [0.1, 0.15) is 25.0 Å². The van der Waals surface area contributed by atoms with Gasteiger partial charge in [0.1, 0.15) is 5.75 Å². The second kappa shape index (κ2) is 6.93. The van der Waals surface area contributed by atoms with Crippen LogP contribution >= 0.6 is 0 Å². The number of nitro benzene ring substituents is 1. The van der Waals surface area contributed by atoms with Crippen LogP contribution < -0.4 is 4.74 Å². The van der Waals surface area contributed by atoms with Gasteiger partial charge in [-0.2, -0.15) is 0 Å². The van der Waals surface area contributed by atoms with E-state index in [0.717, 1.165) is 0 Å². The first kappa shape index (κ1) is 14.4. The molecule has 0 bridgehead atoms. The van der Waals surface area contributed by atoms with E-state index in [1.54, 1.807) is 14.0 Å². The summed E-state index contributed by atoms with van der Waals surface area (Å²) in [6.07, 6.45) is -0.102. The Morgan fingerprint density at radius 1 is 1.44 bits per heavy atom. The molecule has 6 nitrogen and oxygen atoms in total. The van der Waals surface area contributed by atoms with Gasteiger partial charge in [0, 0.05) is 37.8 Å². The van der Waals surface area contributed by atoms with Crippen molar-refractivity contribution in [3.05, 3.63) is 33.9 Å². The van der Waals surface area contributed by atoms with Crippen LogP contribution in [0.3, 0.4) is 0 Å². The molecule has 0 unspecified atom stereocenters. The van der Waals surface area contributed by atoms with E-state index in [1.807, 2.05) is 0 Å². The lowest BCUT2D eigenvalue weighted by Gasteiger charge is -2.13. The van der Waals surface area contributed by atoms with Crippen LogP contribution in [0.2, 0.25) is 0 Å². The lowest BCUT2D eigenvalue weighted by molar-refractivity contribution is -0.385. The Hall–Kier alpha value is -1.66. The maximum absolute atomic E-state index is 10.7. The monoisotopic (exact) mass is 255 g/mol. The number of ether oxygens (including phenoxy) is 2. The molecule has 0 radical (unpaired) electrons. The maximum Gasteiger partial charge on any atom is 0.270 e. The highest BCUT2D eigenvalue weighted by molar-refractivity contribution is 5.44. The Morgan fingerprint density at radius 2 is 2.17 bits per heavy atom. The quantitative estimate of drug-likeness (QED) is 0.458. The Labute approximate surface area is 105 Å². The van der Waals surface area contributed by atoms with E-state index >= 15 is 0 Å². The molecule has 1 atom stereocenters. The number of hydrogen-bond acceptors (Lipinski definition) is 5. The van der Waals surface area contributed by atoms with Crippen LogP contribution in [0.25, 0.3) is 0 Å². The second-order valence-corrected chi connectivity index (χ2v) is 3.85. The van der Waals surface area contributed by atoms with Gasteiger partial charge in [-0.25, -0.2) is 0 Å². The topological polar surface area (TPSA) is 81.8 Å². The molecule has 1 aromatic carbocycles. The predicted octanol–water partition coefficient (Wildman–Crippen LogP) is 2.06. The molecule has 0 saturated carbocycles. The smallest absolute Gasteiger partial charge is 0.270 e. The van der Waals surface area contributed by atoms with Crippen molar-refractivity contribution in [1.29, 1.82) is 0 Å². The van der Waals surface area contributed by atoms with E-state index in [9.17, 15) is 15.2 Å². The molecule has 0 aromatic heterocycles. The van der Waals surface area contributed by atoms with Gasteiger partial charge in [-0.15, -0.1) is 0 Å². The summed E-state index contributed by atoms with van der Waals surface area (Å²) in [6, 6.07) is 4.20. The number of benzene rings is 1. The van der Waals surface area contributed by atoms with Crippen LogP contribution in [-0.4, -0.2) is 30.4 Å². The first-order valence-electron chi connectivity index (χ1n) is 5.64. The van der Waals surface area contributed by atoms with Gasteiger partial charge in [-0.3, -0.25) is 10.1 Å². The van der Waals surface area contributed by atoms with E-state index in [0.29, 0.717) is 30.9 Å². The van der Waals surface area contributed by atoms with Gasteiger partial charge in [-0.1, -0.05) is 0 Å². The fraction of sp³-hybridized carbons (Fsp3) is 0.500. The van der Waals surface area contributed by atoms with Gasteiger partial charge >= 0.3 is 0 Å². The third-order valence-corrected chi connectivity index (χ3v) is 2.40. The van der Waals surface area contributed by atoms with E-state index in [2.05, 4.69) is 0 Å². The molecule has 100 valence electrons. The Morgan fingerprint density at radius 3 is 2.72 bits per heavy atom. The highest BCUT2D eigenvalue weighted by atomic mass is 16.6. The molecule has 0 spiro atoms. The van der Waals surface area contributed by atoms with Crippen molar-refractivity contribution >= 4 is 5.69 Å². The van der Waals surface area contributed by atoms with E-state index < -0.39 is 11.0 Å². The normalized spacial score (nSPS) is 12.2. The van der Waals surface area contributed by atoms with Crippen molar-refractivity contribution in [2.24, 2.45) is 0 Å². The number of nitrogens with zero attached hydrogens (tertiary/aromatic N) is 1. The second-order valence-electron chi connectivity index (χ2n) is 3.85. The molecule has 0 fully saturated rings. The van der Waals surface area contributed by atoms with Crippen LogP contribution in [0.4, 0.5) is 5.69 Å². The molecule has 0 heterocycles. The summed E-state index contributed by atoms with van der Waals surface area (Å²) in [6.45, 7) is 2.56. The van der Waals surface area contributed by atoms with Crippen LogP contribution in [0.15, 0.2) is 18.2 Å². The Bertz CT molecular complexity index is 405. The number of non-ortho nitro benzene ring substituents is 1. The first-order valence-corrected chi connectivity index (χ1v) is 5.64. The molecule has 6 heteroatoms. The average Bonchev–Trinajstić information content (AvgIpc) is 2.34. The highest BCUT2D eigenvalue weighted by Crippen LogP contribution is 2.29. The van der Waals surface area contributed by atoms with Crippen molar-refractivity contribution in [1.82, 2.24) is 0 Å². The zero-order valence-corrected chi connectivity index (χ0v) is 10.5. The minimum atomic E-state index is -0.817. The fourth-order valence-corrected chi connectivity index (χ4v) is 1.49. The molecule has 1 rings (SSSR count). The number of nitro groups is 1. The number of aliphatic hydroxyl groups excluding tert-OH is 1. The number of rotatable bonds is 7. The molecule has 0 aliphatic rings. The first-order chi connectivity index (χ1) is 8.56. The Balaban J connectivity index is 2.80. The Kier molecular flexibility index (Phi) is 5.54. The average molecular weight is 255 g/mol.